The predicted molar refractivity (Wildman–Crippen MR) is 86.8 cm³/mol. The molecule has 1 aliphatic rings. The lowest BCUT2D eigenvalue weighted by atomic mass is 9.89. The highest BCUT2D eigenvalue weighted by Crippen LogP contribution is 2.24. The molecule has 0 saturated carbocycles. The van der Waals surface area contributed by atoms with Crippen molar-refractivity contribution in [2.24, 2.45) is 0 Å². The van der Waals surface area contributed by atoms with Gasteiger partial charge in [-0.15, -0.1) is 0 Å². The highest BCUT2D eigenvalue weighted by atomic mass is 16.4. The SMILES string of the molecule is O=C(c1nccc2c1CCCC2)c1cc2ccccc2oc1=O. The van der Waals surface area contributed by atoms with Gasteiger partial charge in [0, 0.05) is 11.6 Å². The van der Waals surface area contributed by atoms with Crippen LogP contribution in [0, 0.1) is 0 Å². The standard InChI is InChI=1S/C19H15NO3/c21-18(17-14-7-3-1-5-12(14)9-10-20-17)15-11-13-6-2-4-8-16(13)23-19(15)22/h2,4,6,8-11H,1,3,5,7H2. The number of aromatic nitrogens is 1. The van der Waals surface area contributed by atoms with Gasteiger partial charge in [0.05, 0.1) is 0 Å². The number of carbonyl (C=O) groups is 1. The van der Waals surface area contributed by atoms with Gasteiger partial charge in [-0.1, -0.05) is 18.2 Å². The van der Waals surface area contributed by atoms with Crippen molar-refractivity contribution in [2.45, 2.75) is 25.7 Å². The van der Waals surface area contributed by atoms with Crippen molar-refractivity contribution in [3.8, 4) is 0 Å². The molecule has 0 fully saturated rings. The molecule has 1 aromatic carbocycles. The molecule has 0 unspecified atom stereocenters. The monoisotopic (exact) mass is 305 g/mol. The van der Waals surface area contributed by atoms with E-state index in [4.69, 9.17) is 4.42 Å². The molecule has 3 aromatic rings. The first-order valence-electron chi connectivity index (χ1n) is 7.78. The molecule has 114 valence electrons. The molecule has 4 nitrogen and oxygen atoms in total. The van der Waals surface area contributed by atoms with Gasteiger partial charge in [-0.3, -0.25) is 9.78 Å². The fourth-order valence-corrected chi connectivity index (χ4v) is 3.21. The average molecular weight is 305 g/mol. The maximum atomic E-state index is 12.9. The van der Waals surface area contributed by atoms with Crippen LogP contribution in [0.4, 0.5) is 0 Å². The van der Waals surface area contributed by atoms with Crippen LogP contribution in [0.2, 0.25) is 0 Å². The van der Waals surface area contributed by atoms with E-state index in [9.17, 15) is 9.59 Å². The molecule has 4 heteroatoms. The topological polar surface area (TPSA) is 60.2 Å². The molecule has 1 aliphatic carbocycles. The number of para-hydroxylation sites is 1. The number of nitrogens with zero attached hydrogens (tertiary/aromatic N) is 1. The van der Waals surface area contributed by atoms with Crippen molar-refractivity contribution in [1.82, 2.24) is 4.98 Å². The number of aryl methyl sites for hydroxylation is 1. The van der Waals surface area contributed by atoms with Crippen molar-refractivity contribution >= 4 is 16.8 Å². The van der Waals surface area contributed by atoms with Crippen molar-refractivity contribution < 1.29 is 9.21 Å². The summed E-state index contributed by atoms with van der Waals surface area (Å²) >= 11 is 0. The number of carbonyl (C=O) groups excluding carboxylic acids is 1. The van der Waals surface area contributed by atoms with Gasteiger partial charge in [-0.2, -0.15) is 0 Å². The number of hydrogen-bond donors (Lipinski definition) is 0. The van der Waals surface area contributed by atoms with Crippen LogP contribution in [0.25, 0.3) is 11.0 Å². The molecule has 0 atom stereocenters. The molecule has 0 amide bonds. The third kappa shape index (κ3) is 2.36. The zero-order valence-corrected chi connectivity index (χ0v) is 12.5. The van der Waals surface area contributed by atoms with Crippen molar-refractivity contribution in [2.75, 3.05) is 0 Å². The number of rotatable bonds is 2. The van der Waals surface area contributed by atoms with Crippen molar-refractivity contribution in [3.05, 3.63) is 75.4 Å². The van der Waals surface area contributed by atoms with E-state index >= 15 is 0 Å². The van der Waals surface area contributed by atoms with Gasteiger partial charge in [-0.25, -0.2) is 4.79 Å². The Hall–Kier alpha value is -2.75. The number of benzene rings is 1. The van der Waals surface area contributed by atoms with E-state index < -0.39 is 5.63 Å². The van der Waals surface area contributed by atoms with Crippen LogP contribution in [-0.4, -0.2) is 10.8 Å². The average Bonchev–Trinajstić information content (AvgIpc) is 2.60. The summed E-state index contributed by atoms with van der Waals surface area (Å²) in [7, 11) is 0. The van der Waals surface area contributed by atoms with Crippen molar-refractivity contribution in [1.29, 1.82) is 0 Å². The van der Waals surface area contributed by atoms with Crippen LogP contribution in [0.1, 0.15) is 40.0 Å². The lowest BCUT2D eigenvalue weighted by Crippen LogP contribution is -2.19. The minimum Gasteiger partial charge on any atom is -0.422 e. The maximum absolute atomic E-state index is 12.9. The molecule has 0 saturated heterocycles. The van der Waals surface area contributed by atoms with E-state index in [1.807, 2.05) is 18.2 Å². The quantitative estimate of drug-likeness (QED) is 0.538. The Labute approximate surface area is 132 Å². The third-order valence-corrected chi connectivity index (χ3v) is 4.38. The highest BCUT2D eigenvalue weighted by molar-refractivity contribution is 6.09. The summed E-state index contributed by atoms with van der Waals surface area (Å²) in [6.07, 6.45) is 5.63. The predicted octanol–water partition coefficient (Wildman–Crippen LogP) is 3.30. The molecule has 2 aromatic heterocycles. The van der Waals surface area contributed by atoms with E-state index in [-0.39, 0.29) is 11.3 Å². The molecule has 0 spiro atoms. The summed E-state index contributed by atoms with van der Waals surface area (Å²) in [6, 6.07) is 10.7. The molecular weight excluding hydrogens is 290 g/mol. The van der Waals surface area contributed by atoms with E-state index in [0.29, 0.717) is 11.3 Å². The first-order valence-corrected chi connectivity index (χ1v) is 7.78. The Kier molecular flexibility index (Phi) is 3.30. The Balaban J connectivity index is 1.87. The smallest absolute Gasteiger partial charge is 0.347 e. The molecule has 0 bridgehead atoms. The second-order valence-corrected chi connectivity index (χ2v) is 5.82. The van der Waals surface area contributed by atoms with E-state index in [1.165, 1.54) is 5.56 Å². The molecule has 0 radical (unpaired) electrons. The number of ketones is 1. The van der Waals surface area contributed by atoms with E-state index in [2.05, 4.69) is 4.98 Å². The molecule has 23 heavy (non-hydrogen) atoms. The zero-order chi connectivity index (χ0) is 15.8. The molecular formula is C19H15NO3. The first kappa shape index (κ1) is 13.9. The van der Waals surface area contributed by atoms with Crippen LogP contribution >= 0.6 is 0 Å². The fraction of sp³-hybridized carbons (Fsp3) is 0.211. The van der Waals surface area contributed by atoms with Gasteiger partial charge in [0.2, 0.25) is 5.78 Å². The van der Waals surface area contributed by atoms with E-state index in [1.54, 1.807) is 24.4 Å². The van der Waals surface area contributed by atoms with Gasteiger partial charge < -0.3 is 4.42 Å². The molecule has 0 aliphatic heterocycles. The first-order chi connectivity index (χ1) is 11.2. The molecule has 0 N–H and O–H groups in total. The summed E-state index contributed by atoms with van der Waals surface area (Å²) in [5, 5.41) is 0.736. The van der Waals surface area contributed by atoms with Crippen LogP contribution in [0.3, 0.4) is 0 Å². The highest BCUT2D eigenvalue weighted by Gasteiger charge is 2.23. The fourth-order valence-electron chi connectivity index (χ4n) is 3.21. The number of fused-ring (bicyclic) bond motifs is 2. The minimum atomic E-state index is -0.607. The minimum absolute atomic E-state index is 0.0511. The van der Waals surface area contributed by atoms with E-state index in [0.717, 1.165) is 36.6 Å². The van der Waals surface area contributed by atoms with Gasteiger partial charge in [0.1, 0.15) is 16.8 Å². The lowest BCUT2D eigenvalue weighted by molar-refractivity contribution is 0.103. The number of pyridine rings is 1. The summed E-state index contributed by atoms with van der Waals surface area (Å²) in [5.74, 6) is -0.344. The second kappa shape index (κ2) is 5.47. The van der Waals surface area contributed by atoms with Gasteiger partial charge in [0.15, 0.2) is 0 Å². The Bertz CT molecular complexity index is 972. The summed E-state index contributed by atoms with van der Waals surface area (Å²) in [4.78, 5) is 29.3. The molecule has 4 rings (SSSR count). The summed E-state index contributed by atoms with van der Waals surface area (Å²) < 4.78 is 5.28. The van der Waals surface area contributed by atoms with Gasteiger partial charge >= 0.3 is 5.63 Å². The Morgan fingerprint density at radius 3 is 2.83 bits per heavy atom. The normalized spacial score (nSPS) is 13.7. The molecule has 2 heterocycles. The van der Waals surface area contributed by atoms with Crippen LogP contribution in [0.5, 0.6) is 0 Å². The second-order valence-electron chi connectivity index (χ2n) is 5.82. The maximum Gasteiger partial charge on any atom is 0.347 e. The van der Waals surface area contributed by atoms with Gasteiger partial charge in [0.25, 0.3) is 0 Å². The van der Waals surface area contributed by atoms with Crippen LogP contribution in [0.15, 0.2) is 51.8 Å². The summed E-state index contributed by atoms with van der Waals surface area (Å²) in [5.41, 5.74) is 2.47. The summed E-state index contributed by atoms with van der Waals surface area (Å²) in [6.45, 7) is 0. The van der Waals surface area contributed by atoms with Gasteiger partial charge in [-0.05, 0) is 55.0 Å². The van der Waals surface area contributed by atoms with Crippen LogP contribution < -0.4 is 5.63 Å². The Morgan fingerprint density at radius 1 is 1.09 bits per heavy atom. The zero-order valence-electron chi connectivity index (χ0n) is 12.5. The lowest BCUT2D eigenvalue weighted by Gasteiger charge is -2.17. The van der Waals surface area contributed by atoms with Crippen molar-refractivity contribution in [3.63, 3.8) is 0 Å². The van der Waals surface area contributed by atoms with Crippen LogP contribution in [-0.2, 0) is 12.8 Å². The largest absolute Gasteiger partial charge is 0.422 e. The third-order valence-electron chi connectivity index (χ3n) is 4.38. The Morgan fingerprint density at radius 2 is 1.91 bits per heavy atom. The number of hydrogen-bond acceptors (Lipinski definition) is 4.